The van der Waals surface area contributed by atoms with Gasteiger partial charge in [-0.05, 0) is 30.7 Å². The summed E-state index contributed by atoms with van der Waals surface area (Å²) in [5.41, 5.74) is 3.53. The third-order valence-electron chi connectivity index (χ3n) is 4.70. The number of hydrogen-bond acceptors (Lipinski definition) is 5. The SMILES string of the molecule is COc1cccc(C2SCC(=O)Nc3n[nH]c(C)c32)c1OCc1ccc(F)cc1. The lowest BCUT2D eigenvalue weighted by atomic mass is 10.0. The van der Waals surface area contributed by atoms with E-state index < -0.39 is 0 Å². The molecular weight excluding hydrogens is 393 g/mol. The van der Waals surface area contributed by atoms with Gasteiger partial charge in [-0.25, -0.2) is 4.39 Å². The number of nitrogens with one attached hydrogen (secondary N) is 2. The van der Waals surface area contributed by atoms with Gasteiger partial charge < -0.3 is 14.8 Å². The molecule has 0 spiro atoms. The van der Waals surface area contributed by atoms with Crippen molar-refractivity contribution >= 4 is 23.5 Å². The molecular formula is C21H20FN3O3S. The molecule has 1 aliphatic heterocycles. The van der Waals surface area contributed by atoms with E-state index in [1.165, 1.54) is 23.9 Å². The maximum atomic E-state index is 13.2. The fourth-order valence-electron chi connectivity index (χ4n) is 3.30. The molecule has 8 heteroatoms. The molecule has 1 aliphatic rings. The highest BCUT2D eigenvalue weighted by atomic mass is 32.2. The molecule has 3 aromatic rings. The third-order valence-corrected chi connectivity index (χ3v) is 5.96. The number of carbonyl (C=O) groups excluding carboxylic acids is 1. The number of fused-ring (bicyclic) bond motifs is 1. The molecule has 0 radical (unpaired) electrons. The number of anilines is 1. The van der Waals surface area contributed by atoms with Gasteiger partial charge in [-0.15, -0.1) is 11.8 Å². The van der Waals surface area contributed by atoms with Crippen molar-refractivity contribution in [3.8, 4) is 11.5 Å². The zero-order chi connectivity index (χ0) is 20.4. The van der Waals surface area contributed by atoms with E-state index in [4.69, 9.17) is 9.47 Å². The smallest absolute Gasteiger partial charge is 0.235 e. The first kappa shape index (κ1) is 19.3. The molecule has 1 atom stereocenters. The topological polar surface area (TPSA) is 76.2 Å². The fourth-order valence-corrected chi connectivity index (χ4v) is 4.51. The summed E-state index contributed by atoms with van der Waals surface area (Å²) in [5, 5.41) is 9.87. The Morgan fingerprint density at radius 1 is 1.24 bits per heavy atom. The Kier molecular flexibility index (Phi) is 5.44. The first-order valence-corrected chi connectivity index (χ1v) is 10.1. The molecule has 1 amide bonds. The van der Waals surface area contributed by atoms with Gasteiger partial charge in [0, 0.05) is 16.8 Å². The Labute approximate surface area is 171 Å². The van der Waals surface area contributed by atoms with Crippen molar-refractivity contribution in [2.45, 2.75) is 18.8 Å². The van der Waals surface area contributed by atoms with Gasteiger partial charge in [0.2, 0.25) is 5.91 Å². The van der Waals surface area contributed by atoms with Crippen molar-refractivity contribution in [3.63, 3.8) is 0 Å². The van der Waals surface area contributed by atoms with Gasteiger partial charge in [0.15, 0.2) is 17.3 Å². The number of rotatable bonds is 5. The Morgan fingerprint density at radius 2 is 2.03 bits per heavy atom. The predicted molar refractivity (Wildman–Crippen MR) is 110 cm³/mol. The standard InChI is InChI=1S/C21H20FN3O3S/c1-12-18-20(29-11-17(26)23-21(18)25-24-12)15-4-3-5-16(27-2)19(15)28-10-13-6-8-14(22)9-7-13/h3-9,20H,10-11H2,1-2H3,(H2,23,24,25,26). The molecule has 0 saturated carbocycles. The molecule has 2 N–H and O–H groups in total. The van der Waals surface area contributed by atoms with E-state index in [9.17, 15) is 9.18 Å². The number of para-hydroxylation sites is 1. The number of carbonyl (C=O) groups is 1. The van der Waals surface area contributed by atoms with E-state index >= 15 is 0 Å². The average molecular weight is 413 g/mol. The van der Waals surface area contributed by atoms with Crippen LogP contribution < -0.4 is 14.8 Å². The van der Waals surface area contributed by atoms with Gasteiger partial charge in [-0.3, -0.25) is 9.89 Å². The molecule has 1 aromatic heterocycles. The number of aromatic nitrogens is 2. The molecule has 0 fully saturated rings. The molecule has 0 aliphatic carbocycles. The monoisotopic (exact) mass is 413 g/mol. The third kappa shape index (κ3) is 3.93. The van der Waals surface area contributed by atoms with Crippen LogP contribution in [0.4, 0.5) is 10.2 Å². The maximum absolute atomic E-state index is 13.2. The lowest BCUT2D eigenvalue weighted by molar-refractivity contribution is -0.113. The Hall–Kier alpha value is -3.00. The van der Waals surface area contributed by atoms with Crippen molar-refractivity contribution in [1.82, 2.24) is 10.2 Å². The average Bonchev–Trinajstić information content (AvgIpc) is 2.98. The van der Waals surface area contributed by atoms with E-state index in [-0.39, 0.29) is 23.6 Å². The molecule has 0 bridgehead atoms. The van der Waals surface area contributed by atoms with Crippen molar-refractivity contribution in [3.05, 3.63) is 70.7 Å². The molecule has 6 nitrogen and oxygen atoms in total. The molecule has 2 aromatic carbocycles. The summed E-state index contributed by atoms with van der Waals surface area (Å²) in [7, 11) is 1.59. The van der Waals surface area contributed by atoms with E-state index in [2.05, 4.69) is 15.5 Å². The van der Waals surface area contributed by atoms with Crippen LogP contribution in [0.3, 0.4) is 0 Å². The number of methoxy groups -OCH3 is 1. The van der Waals surface area contributed by atoms with Crippen LogP contribution >= 0.6 is 11.8 Å². The number of H-pyrrole nitrogens is 1. The van der Waals surface area contributed by atoms with Crippen molar-refractivity contribution < 1.29 is 18.7 Å². The fraction of sp³-hybridized carbons (Fsp3) is 0.238. The number of aryl methyl sites for hydroxylation is 1. The number of halogens is 1. The van der Waals surface area contributed by atoms with Crippen LogP contribution in [0.1, 0.15) is 27.6 Å². The van der Waals surface area contributed by atoms with Crippen molar-refractivity contribution in [2.24, 2.45) is 0 Å². The summed E-state index contributed by atoms with van der Waals surface area (Å²) in [4.78, 5) is 12.1. The second-order valence-corrected chi connectivity index (χ2v) is 7.74. The Morgan fingerprint density at radius 3 is 2.79 bits per heavy atom. The Balaban J connectivity index is 1.73. The van der Waals surface area contributed by atoms with Gasteiger partial charge in [-0.1, -0.05) is 24.3 Å². The van der Waals surface area contributed by atoms with Crippen LogP contribution in [0.5, 0.6) is 11.5 Å². The second-order valence-electron chi connectivity index (χ2n) is 6.64. The summed E-state index contributed by atoms with van der Waals surface area (Å²) in [6.45, 7) is 2.19. The lowest BCUT2D eigenvalue weighted by Gasteiger charge is -2.21. The zero-order valence-corrected chi connectivity index (χ0v) is 16.8. The Bertz CT molecular complexity index is 1040. The largest absolute Gasteiger partial charge is 0.493 e. The first-order chi connectivity index (χ1) is 14.1. The molecule has 0 saturated heterocycles. The van der Waals surface area contributed by atoms with E-state index in [0.29, 0.717) is 23.1 Å². The van der Waals surface area contributed by atoms with Crippen molar-refractivity contribution in [1.29, 1.82) is 0 Å². The number of benzene rings is 2. The van der Waals surface area contributed by atoms with Gasteiger partial charge in [0.05, 0.1) is 18.1 Å². The molecule has 1 unspecified atom stereocenters. The minimum Gasteiger partial charge on any atom is -0.493 e. The summed E-state index contributed by atoms with van der Waals surface area (Å²) < 4.78 is 24.9. The van der Waals surface area contributed by atoms with Crippen LogP contribution in [0.25, 0.3) is 0 Å². The highest BCUT2D eigenvalue weighted by Crippen LogP contribution is 2.47. The second kappa shape index (κ2) is 8.16. The molecule has 2 heterocycles. The van der Waals surface area contributed by atoms with Gasteiger partial charge in [0.25, 0.3) is 0 Å². The van der Waals surface area contributed by atoms with Crippen LogP contribution in [-0.4, -0.2) is 29.0 Å². The summed E-state index contributed by atoms with van der Waals surface area (Å²) in [5.74, 6) is 1.64. The molecule has 29 heavy (non-hydrogen) atoms. The highest BCUT2D eigenvalue weighted by Gasteiger charge is 2.31. The predicted octanol–water partition coefficient (Wildman–Crippen LogP) is 4.22. The minimum absolute atomic E-state index is 0.0954. The number of aromatic amines is 1. The van der Waals surface area contributed by atoms with Gasteiger partial charge in [-0.2, -0.15) is 5.10 Å². The lowest BCUT2D eigenvalue weighted by Crippen LogP contribution is -2.12. The highest BCUT2D eigenvalue weighted by molar-refractivity contribution is 8.00. The van der Waals surface area contributed by atoms with Gasteiger partial charge >= 0.3 is 0 Å². The molecule has 150 valence electrons. The summed E-state index contributed by atoms with van der Waals surface area (Å²) in [6.07, 6.45) is 0. The maximum Gasteiger partial charge on any atom is 0.235 e. The number of ether oxygens (including phenoxy) is 2. The number of thioether (sulfide) groups is 1. The number of hydrogen-bond donors (Lipinski definition) is 2. The number of nitrogens with zero attached hydrogens (tertiary/aromatic N) is 1. The van der Waals surface area contributed by atoms with Crippen LogP contribution in [-0.2, 0) is 11.4 Å². The van der Waals surface area contributed by atoms with Crippen molar-refractivity contribution in [2.75, 3.05) is 18.2 Å². The summed E-state index contributed by atoms with van der Waals surface area (Å²) in [6, 6.07) is 11.9. The van der Waals surface area contributed by atoms with E-state index in [1.807, 2.05) is 25.1 Å². The van der Waals surface area contributed by atoms with Crippen LogP contribution in [0.2, 0.25) is 0 Å². The normalized spacial score (nSPS) is 16.0. The molecule has 4 rings (SSSR count). The minimum atomic E-state index is -0.290. The summed E-state index contributed by atoms with van der Waals surface area (Å²) >= 11 is 1.51. The number of amides is 1. The van der Waals surface area contributed by atoms with E-state index in [1.54, 1.807) is 19.2 Å². The van der Waals surface area contributed by atoms with Gasteiger partial charge in [0.1, 0.15) is 12.4 Å². The zero-order valence-electron chi connectivity index (χ0n) is 16.0. The van der Waals surface area contributed by atoms with E-state index in [0.717, 1.165) is 22.4 Å². The van der Waals surface area contributed by atoms with Crippen LogP contribution in [0.15, 0.2) is 42.5 Å². The van der Waals surface area contributed by atoms with Crippen LogP contribution in [0, 0.1) is 12.7 Å². The quantitative estimate of drug-likeness (QED) is 0.655. The first-order valence-electron chi connectivity index (χ1n) is 9.07.